The van der Waals surface area contributed by atoms with E-state index in [2.05, 4.69) is 89.2 Å². The van der Waals surface area contributed by atoms with Gasteiger partial charge in [-0.1, -0.05) is 78.6 Å². The van der Waals surface area contributed by atoms with Gasteiger partial charge in [-0.05, 0) is 10.6 Å². The van der Waals surface area contributed by atoms with Gasteiger partial charge in [0.1, 0.15) is 0 Å². The summed E-state index contributed by atoms with van der Waals surface area (Å²) in [6.45, 7) is 32.5. The molecule has 0 amide bonds. The molecule has 2 nitrogen and oxygen atoms in total. The Hall–Kier alpha value is 0.788. The normalized spacial score (nSPS) is 15.0. The predicted molar refractivity (Wildman–Crippen MR) is 117 cm³/mol. The average Bonchev–Trinajstić information content (AvgIpc) is 2.14. The number of rotatable bonds is 9. The molecule has 0 spiro atoms. The highest BCUT2D eigenvalue weighted by Crippen LogP contribution is 2.20. The fraction of sp³-hybridized carbons (Fsp3) is 1.00. The largest absolute Gasteiger partial charge is 0.318 e. The summed E-state index contributed by atoms with van der Waals surface area (Å²) >= 11 is 0. The Morgan fingerprint density at radius 2 is 0.636 bits per heavy atom. The van der Waals surface area contributed by atoms with Crippen LogP contribution in [0.25, 0.3) is 0 Å². The van der Waals surface area contributed by atoms with Gasteiger partial charge in [-0.25, -0.2) is 0 Å². The van der Waals surface area contributed by atoms with Crippen LogP contribution in [0.3, 0.4) is 0 Å². The molecular formula is C16H44N2Si4. The molecule has 22 heavy (non-hydrogen) atoms. The lowest BCUT2D eigenvalue weighted by Gasteiger charge is -2.41. The van der Waals surface area contributed by atoms with Gasteiger partial charge in [0.2, 0.25) is 0 Å². The van der Waals surface area contributed by atoms with Crippen molar-refractivity contribution in [3.8, 4) is 0 Å². The van der Waals surface area contributed by atoms with E-state index >= 15 is 0 Å². The zero-order valence-electron chi connectivity index (χ0n) is 17.6. The summed E-state index contributed by atoms with van der Waals surface area (Å²) in [5, 5.41) is 9.51. The van der Waals surface area contributed by atoms with E-state index in [9.17, 15) is 0 Å². The molecule has 0 fully saturated rings. The van der Waals surface area contributed by atoms with Gasteiger partial charge in [-0.15, -0.1) is 0 Å². The molecule has 0 atom stereocenters. The maximum absolute atomic E-state index is 3.95. The van der Waals surface area contributed by atoms with Crippen LogP contribution in [-0.4, -0.2) is 56.0 Å². The Kier molecular flexibility index (Phi) is 8.06. The van der Waals surface area contributed by atoms with E-state index < -0.39 is 32.3 Å². The first-order valence-corrected chi connectivity index (χ1v) is 23.2. The molecule has 0 aromatic rings. The van der Waals surface area contributed by atoms with Gasteiger partial charge in [-0.2, -0.15) is 0 Å². The zero-order valence-corrected chi connectivity index (χ0v) is 21.6. The summed E-state index contributed by atoms with van der Waals surface area (Å²) in [5.41, 5.74) is 0. The van der Waals surface area contributed by atoms with E-state index in [4.69, 9.17) is 0 Å². The quantitative estimate of drug-likeness (QED) is 0.460. The Morgan fingerprint density at radius 3 is 0.773 bits per heavy atom. The Balaban J connectivity index is 4.63. The lowest BCUT2D eigenvalue weighted by molar-refractivity contribution is 0.635. The highest BCUT2D eigenvalue weighted by molar-refractivity contribution is 6.97. The molecule has 134 valence electrons. The Morgan fingerprint density at radius 1 is 0.455 bits per heavy atom. The summed E-state index contributed by atoms with van der Waals surface area (Å²) in [6.07, 6.45) is 0. The third-order valence-corrected chi connectivity index (χ3v) is 22.4. The van der Waals surface area contributed by atoms with Crippen LogP contribution >= 0.6 is 0 Å². The first-order chi connectivity index (χ1) is 9.47. The Labute approximate surface area is 145 Å². The van der Waals surface area contributed by atoms with Crippen molar-refractivity contribution in [3.63, 3.8) is 0 Å². The molecule has 2 N–H and O–H groups in total. The van der Waals surface area contributed by atoms with Crippen molar-refractivity contribution in [3.05, 3.63) is 0 Å². The molecule has 0 unspecified atom stereocenters. The summed E-state index contributed by atoms with van der Waals surface area (Å²) < 4.78 is 0. The van der Waals surface area contributed by atoms with Crippen molar-refractivity contribution in [2.75, 3.05) is 13.1 Å². The molecule has 0 saturated heterocycles. The van der Waals surface area contributed by atoms with Crippen LogP contribution in [0.1, 0.15) is 0 Å². The second-order valence-electron chi connectivity index (χ2n) is 11.2. The van der Waals surface area contributed by atoms with Gasteiger partial charge >= 0.3 is 0 Å². The molecule has 0 radical (unpaired) electrons. The van der Waals surface area contributed by atoms with Gasteiger partial charge < -0.3 is 10.6 Å². The monoisotopic (exact) mass is 376 g/mol. The van der Waals surface area contributed by atoms with Crippen molar-refractivity contribution >= 4 is 32.3 Å². The maximum Gasteiger partial charge on any atom is 0.0599 e. The van der Waals surface area contributed by atoms with Gasteiger partial charge in [-0.3, -0.25) is 0 Å². The van der Waals surface area contributed by atoms with Crippen LogP contribution < -0.4 is 10.6 Å². The van der Waals surface area contributed by atoms with Gasteiger partial charge in [0, 0.05) is 13.1 Å². The molecule has 0 aliphatic heterocycles. The topological polar surface area (TPSA) is 24.1 Å². The van der Waals surface area contributed by atoms with Crippen LogP contribution in [0, 0.1) is 0 Å². The molecule has 0 aliphatic rings. The van der Waals surface area contributed by atoms with Gasteiger partial charge in [0.15, 0.2) is 0 Å². The number of hydrogen-bond donors (Lipinski definition) is 2. The maximum atomic E-state index is 3.95. The van der Waals surface area contributed by atoms with Crippen molar-refractivity contribution in [1.29, 1.82) is 0 Å². The van der Waals surface area contributed by atoms with Gasteiger partial charge in [0.25, 0.3) is 0 Å². The van der Waals surface area contributed by atoms with Crippen molar-refractivity contribution < 1.29 is 0 Å². The minimum Gasteiger partial charge on any atom is -0.318 e. The molecule has 0 aromatic heterocycles. The summed E-state index contributed by atoms with van der Waals surface area (Å²) in [6, 6.07) is 0. The molecule has 0 aromatic carbocycles. The molecule has 6 heteroatoms. The predicted octanol–water partition coefficient (Wildman–Crippen LogP) is 4.41. The van der Waals surface area contributed by atoms with E-state index in [0.29, 0.717) is 0 Å². The highest BCUT2D eigenvalue weighted by Gasteiger charge is 2.38. The second-order valence-corrected chi connectivity index (χ2v) is 33.6. The second kappa shape index (κ2) is 7.78. The van der Waals surface area contributed by atoms with E-state index in [1.165, 1.54) is 0 Å². The fourth-order valence-corrected chi connectivity index (χ4v) is 28.1. The average molecular weight is 377 g/mol. The molecule has 0 rings (SSSR count). The van der Waals surface area contributed by atoms with Crippen LogP contribution in [0.4, 0.5) is 0 Å². The Bertz CT molecular complexity index is 270. The van der Waals surface area contributed by atoms with E-state index in [0.717, 1.165) is 23.7 Å². The summed E-state index contributed by atoms with van der Waals surface area (Å²) in [4.78, 5) is 0. The number of nitrogens with one attached hydrogen (secondary N) is 2. The molecular weight excluding hydrogens is 333 g/mol. The minimum absolute atomic E-state index is 0.805. The molecule has 0 aliphatic carbocycles. The van der Waals surface area contributed by atoms with Gasteiger partial charge in [0.05, 0.1) is 32.3 Å². The van der Waals surface area contributed by atoms with Crippen LogP contribution in [0.2, 0.25) is 78.6 Å². The van der Waals surface area contributed by atoms with E-state index in [1.54, 1.807) is 0 Å². The molecule has 0 heterocycles. The lowest BCUT2D eigenvalue weighted by Crippen LogP contribution is -2.65. The van der Waals surface area contributed by atoms with Crippen molar-refractivity contribution in [2.45, 2.75) is 89.1 Å². The first-order valence-electron chi connectivity index (χ1n) is 8.94. The lowest BCUT2D eigenvalue weighted by atomic mass is 10.6. The van der Waals surface area contributed by atoms with Crippen LogP contribution in [0.15, 0.2) is 0 Å². The minimum atomic E-state index is -1.13. The molecule has 0 saturated carbocycles. The van der Waals surface area contributed by atoms with Crippen LogP contribution in [0.5, 0.6) is 0 Å². The standard InChI is InChI=1S/C16H44N2Si4/c1-19(2,3)15(20(4,5)6)17-13-14-18-16(21(7,8)9)22(10,11)12/h15-18H,13-14H2,1-12H3. The van der Waals surface area contributed by atoms with E-state index in [1.807, 2.05) is 0 Å². The molecule has 0 bridgehead atoms. The van der Waals surface area contributed by atoms with Crippen LogP contribution in [-0.2, 0) is 0 Å². The third kappa shape index (κ3) is 8.06. The number of hydrogen-bond acceptors (Lipinski definition) is 2. The SMILES string of the molecule is C[Si](C)(C)C(NCCNC([Si](C)(C)C)[Si](C)(C)C)[Si](C)(C)C. The summed E-state index contributed by atoms with van der Waals surface area (Å²) in [7, 11) is -4.53. The van der Waals surface area contributed by atoms with E-state index in [-0.39, 0.29) is 0 Å². The smallest absolute Gasteiger partial charge is 0.0599 e. The fourth-order valence-electron chi connectivity index (χ4n) is 4.26. The highest BCUT2D eigenvalue weighted by atomic mass is 28.4. The summed E-state index contributed by atoms with van der Waals surface area (Å²) in [5.74, 6) is 0. The van der Waals surface area contributed by atoms with Crippen molar-refractivity contribution in [2.24, 2.45) is 0 Å². The van der Waals surface area contributed by atoms with Crippen molar-refractivity contribution in [1.82, 2.24) is 10.6 Å². The zero-order chi connectivity index (χ0) is 18.0. The third-order valence-electron chi connectivity index (χ3n) is 4.29. The first kappa shape index (κ1) is 22.8.